The molecule has 102 valence electrons. The van der Waals surface area contributed by atoms with Crippen molar-refractivity contribution in [1.29, 1.82) is 0 Å². The Morgan fingerprint density at radius 1 is 1.21 bits per heavy atom. The third kappa shape index (κ3) is 2.84. The van der Waals surface area contributed by atoms with Crippen molar-refractivity contribution in [2.45, 2.75) is 33.2 Å². The topological polar surface area (TPSA) is 51.2 Å². The van der Waals surface area contributed by atoms with Crippen LogP contribution in [0.1, 0.15) is 34.3 Å². The molecule has 0 saturated heterocycles. The van der Waals surface area contributed by atoms with Crippen molar-refractivity contribution in [3.63, 3.8) is 0 Å². The van der Waals surface area contributed by atoms with Gasteiger partial charge in [0.1, 0.15) is 11.5 Å². The predicted octanol–water partition coefficient (Wildman–Crippen LogP) is 3.61. The summed E-state index contributed by atoms with van der Waals surface area (Å²) in [6.45, 7) is 5.99. The number of nitrogens with one attached hydrogen (secondary N) is 1. The Morgan fingerprint density at radius 2 is 1.89 bits per heavy atom. The van der Waals surface area contributed by atoms with E-state index in [1.54, 1.807) is 0 Å². The van der Waals surface area contributed by atoms with Crippen LogP contribution in [0.4, 0.5) is 0 Å². The van der Waals surface area contributed by atoms with Gasteiger partial charge in [-0.3, -0.25) is 11.3 Å². The first kappa shape index (κ1) is 14.1. The van der Waals surface area contributed by atoms with Crippen molar-refractivity contribution in [1.82, 2.24) is 5.43 Å². The molecule has 1 aromatic carbocycles. The van der Waals surface area contributed by atoms with E-state index in [2.05, 4.69) is 12.3 Å². The maximum absolute atomic E-state index is 6.21. The lowest BCUT2D eigenvalue weighted by molar-refractivity contribution is 0.484. The van der Waals surface area contributed by atoms with Gasteiger partial charge >= 0.3 is 0 Å². The number of furan rings is 1. The van der Waals surface area contributed by atoms with Crippen LogP contribution in [0.25, 0.3) is 0 Å². The van der Waals surface area contributed by atoms with E-state index in [1.165, 1.54) is 0 Å². The average Bonchev–Trinajstić information content (AvgIpc) is 2.63. The molecule has 1 unspecified atom stereocenters. The number of hydrogen-bond donors (Lipinski definition) is 2. The highest BCUT2D eigenvalue weighted by atomic mass is 35.5. The van der Waals surface area contributed by atoms with Crippen molar-refractivity contribution < 1.29 is 4.42 Å². The van der Waals surface area contributed by atoms with E-state index in [1.807, 2.05) is 38.1 Å². The molecular weight excluding hydrogens is 260 g/mol. The van der Waals surface area contributed by atoms with Gasteiger partial charge in [-0.15, -0.1) is 0 Å². The molecule has 0 amide bonds. The molecule has 3 nitrogen and oxygen atoms in total. The summed E-state index contributed by atoms with van der Waals surface area (Å²) in [5.74, 6) is 7.56. The fourth-order valence-corrected chi connectivity index (χ4v) is 2.66. The van der Waals surface area contributed by atoms with Crippen LogP contribution in [0.3, 0.4) is 0 Å². The second-order valence-corrected chi connectivity index (χ2v) is 5.18. The van der Waals surface area contributed by atoms with Crippen molar-refractivity contribution in [2.24, 2.45) is 5.84 Å². The van der Waals surface area contributed by atoms with Crippen LogP contribution in [0.5, 0.6) is 0 Å². The highest BCUT2D eigenvalue weighted by molar-refractivity contribution is 6.31. The van der Waals surface area contributed by atoms with E-state index >= 15 is 0 Å². The molecule has 1 atom stereocenters. The highest BCUT2D eigenvalue weighted by Crippen LogP contribution is 2.30. The molecule has 0 radical (unpaired) electrons. The van der Waals surface area contributed by atoms with Crippen LogP contribution in [-0.2, 0) is 6.42 Å². The van der Waals surface area contributed by atoms with Crippen molar-refractivity contribution in [3.05, 3.63) is 57.5 Å². The Morgan fingerprint density at radius 3 is 2.42 bits per heavy atom. The van der Waals surface area contributed by atoms with Gasteiger partial charge in [-0.25, -0.2) is 0 Å². The van der Waals surface area contributed by atoms with Gasteiger partial charge < -0.3 is 4.42 Å². The molecule has 0 fully saturated rings. The summed E-state index contributed by atoms with van der Waals surface area (Å²) in [6, 6.07) is 7.82. The first-order valence-electron chi connectivity index (χ1n) is 6.30. The molecule has 1 aromatic heterocycles. The minimum Gasteiger partial charge on any atom is -0.466 e. The molecule has 3 N–H and O–H groups in total. The van der Waals surface area contributed by atoms with Gasteiger partial charge in [-0.05, 0) is 44.4 Å². The van der Waals surface area contributed by atoms with Gasteiger partial charge in [0.2, 0.25) is 0 Å². The van der Waals surface area contributed by atoms with Crippen molar-refractivity contribution in [3.8, 4) is 0 Å². The quantitative estimate of drug-likeness (QED) is 0.664. The molecule has 0 aliphatic heterocycles. The van der Waals surface area contributed by atoms with Gasteiger partial charge in [0.05, 0.1) is 6.04 Å². The highest BCUT2D eigenvalue weighted by Gasteiger charge is 2.21. The first-order chi connectivity index (χ1) is 9.04. The summed E-state index contributed by atoms with van der Waals surface area (Å²) in [4.78, 5) is 0. The van der Waals surface area contributed by atoms with Crippen LogP contribution < -0.4 is 11.3 Å². The van der Waals surface area contributed by atoms with Gasteiger partial charge in [-0.1, -0.05) is 29.8 Å². The average molecular weight is 279 g/mol. The molecule has 0 aliphatic carbocycles. The summed E-state index contributed by atoms with van der Waals surface area (Å²) in [5, 5.41) is 0.762. The summed E-state index contributed by atoms with van der Waals surface area (Å²) < 4.78 is 5.67. The molecule has 2 rings (SSSR count). The van der Waals surface area contributed by atoms with E-state index in [-0.39, 0.29) is 6.04 Å². The Labute approximate surface area is 118 Å². The lowest BCUT2D eigenvalue weighted by Gasteiger charge is -2.17. The number of benzene rings is 1. The van der Waals surface area contributed by atoms with E-state index < -0.39 is 0 Å². The van der Waals surface area contributed by atoms with Gasteiger partial charge in [0, 0.05) is 10.6 Å². The minimum absolute atomic E-state index is 0.00245. The third-order valence-corrected chi connectivity index (χ3v) is 3.92. The van der Waals surface area contributed by atoms with E-state index in [9.17, 15) is 0 Å². The zero-order valence-electron chi connectivity index (χ0n) is 11.5. The maximum Gasteiger partial charge on any atom is 0.106 e. The molecule has 4 heteroatoms. The molecule has 2 aromatic rings. The molecule has 0 aliphatic rings. The lowest BCUT2D eigenvalue weighted by atomic mass is 9.96. The van der Waals surface area contributed by atoms with Crippen LogP contribution in [-0.4, -0.2) is 0 Å². The SMILES string of the molecule is Cc1oc(C)c(C(Cc2ccccc2Cl)NN)c1C. The Bertz CT molecular complexity index is 578. The number of hydrazine groups is 1. The molecule has 19 heavy (non-hydrogen) atoms. The smallest absolute Gasteiger partial charge is 0.106 e. The van der Waals surface area contributed by atoms with Crippen molar-refractivity contribution >= 4 is 11.6 Å². The third-order valence-electron chi connectivity index (χ3n) is 3.55. The summed E-state index contributed by atoms with van der Waals surface area (Å²) in [7, 11) is 0. The Kier molecular flexibility index (Phi) is 4.30. The molecule has 0 spiro atoms. The number of hydrogen-bond acceptors (Lipinski definition) is 3. The summed E-state index contributed by atoms with van der Waals surface area (Å²) in [5.41, 5.74) is 6.22. The first-order valence-corrected chi connectivity index (χ1v) is 6.68. The monoisotopic (exact) mass is 278 g/mol. The second kappa shape index (κ2) is 5.78. The second-order valence-electron chi connectivity index (χ2n) is 4.77. The number of aryl methyl sites for hydroxylation is 2. The molecular formula is C15H19ClN2O. The minimum atomic E-state index is -0.00245. The lowest BCUT2D eigenvalue weighted by Crippen LogP contribution is -2.30. The molecule has 1 heterocycles. The standard InChI is InChI=1S/C15H19ClN2O/c1-9-10(2)19-11(3)15(9)14(18-17)8-12-6-4-5-7-13(12)16/h4-7,14,18H,8,17H2,1-3H3. The largest absolute Gasteiger partial charge is 0.466 e. The van der Waals surface area contributed by atoms with Crippen LogP contribution in [0.2, 0.25) is 5.02 Å². The number of rotatable bonds is 4. The predicted molar refractivity (Wildman–Crippen MR) is 78.1 cm³/mol. The van der Waals surface area contributed by atoms with Crippen LogP contribution in [0.15, 0.2) is 28.7 Å². The normalized spacial score (nSPS) is 12.7. The molecule has 0 bridgehead atoms. The maximum atomic E-state index is 6.21. The van der Waals surface area contributed by atoms with Crippen LogP contribution in [0, 0.1) is 20.8 Å². The zero-order chi connectivity index (χ0) is 14.0. The Hall–Kier alpha value is -1.29. The Balaban J connectivity index is 2.33. The van der Waals surface area contributed by atoms with Crippen molar-refractivity contribution in [2.75, 3.05) is 0 Å². The number of halogens is 1. The van der Waals surface area contributed by atoms with Gasteiger partial charge in [0.25, 0.3) is 0 Å². The van der Waals surface area contributed by atoms with Gasteiger partial charge in [0.15, 0.2) is 0 Å². The van der Waals surface area contributed by atoms with Gasteiger partial charge in [-0.2, -0.15) is 0 Å². The van der Waals surface area contributed by atoms with E-state index in [0.29, 0.717) is 0 Å². The summed E-state index contributed by atoms with van der Waals surface area (Å²) >= 11 is 6.21. The molecule has 0 saturated carbocycles. The van der Waals surface area contributed by atoms with E-state index in [0.717, 1.165) is 39.7 Å². The fourth-order valence-electron chi connectivity index (χ4n) is 2.45. The number of nitrogens with two attached hydrogens (primary N) is 1. The zero-order valence-corrected chi connectivity index (χ0v) is 12.2. The summed E-state index contributed by atoms with van der Waals surface area (Å²) in [6.07, 6.45) is 0.733. The fraction of sp³-hybridized carbons (Fsp3) is 0.333. The van der Waals surface area contributed by atoms with Crippen LogP contribution >= 0.6 is 11.6 Å². The van der Waals surface area contributed by atoms with E-state index in [4.69, 9.17) is 21.9 Å².